The molecule has 1 atom stereocenters. The van der Waals surface area contributed by atoms with Crippen molar-refractivity contribution in [2.45, 2.75) is 18.8 Å². The topological polar surface area (TPSA) is 82.2 Å². The number of aliphatic carboxylic acids is 1. The van der Waals surface area contributed by atoms with Gasteiger partial charge in [0.2, 0.25) is 5.91 Å². The number of halogens is 3. The monoisotopic (exact) mass is 404 g/mol. The zero-order chi connectivity index (χ0) is 16.0. The number of aromatic amines is 1. The summed E-state index contributed by atoms with van der Waals surface area (Å²) in [7, 11) is 0. The Bertz CT molecular complexity index is 803. The van der Waals surface area contributed by atoms with Gasteiger partial charge in [0.05, 0.1) is 28.4 Å². The number of hydrogen-bond acceptors (Lipinski definition) is 2. The van der Waals surface area contributed by atoms with Crippen LogP contribution in [0.1, 0.15) is 23.6 Å². The SMILES string of the molecule is O=C(O)CC1CNC(=O)Cc2c1[nH]c1c(Cl)c(Cl)cc(Br)c21. The number of benzene rings is 1. The van der Waals surface area contributed by atoms with Crippen molar-refractivity contribution in [3.63, 3.8) is 0 Å². The quantitative estimate of drug-likeness (QED) is 0.669. The van der Waals surface area contributed by atoms with Crippen LogP contribution in [0.15, 0.2) is 10.5 Å². The highest BCUT2D eigenvalue weighted by Gasteiger charge is 2.29. The molecule has 0 aliphatic carbocycles. The van der Waals surface area contributed by atoms with E-state index in [0.29, 0.717) is 15.6 Å². The first-order valence-electron chi connectivity index (χ1n) is 6.55. The molecule has 0 fully saturated rings. The molecule has 0 saturated heterocycles. The van der Waals surface area contributed by atoms with Crippen LogP contribution in [0, 0.1) is 0 Å². The number of fused-ring (bicyclic) bond motifs is 3. The summed E-state index contributed by atoms with van der Waals surface area (Å²) in [5.41, 5.74) is 2.11. The third-order valence-electron chi connectivity index (χ3n) is 3.77. The average Bonchev–Trinajstić information content (AvgIpc) is 2.73. The van der Waals surface area contributed by atoms with Gasteiger partial charge in [0.15, 0.2) is 0 Å². The molecule has 1 aromatic heterocycles. The Balaban J connectivity index is 2.28. The summed E-state index contributed by atoms with van der Waals surface area (Å²) in [5.74, 6) is -1.41. The Morgan fingerprint density at radius 2 is 2.18 bits per heavy atom. The molecule has 0 spiro atoms. The predicted octanol–water partition coefficient (Wildman–Crippen LogP) is 3.47. The van der Waals surface area contributed by atoms with Crippen molar-refractivity contribution in [3.8, 4) is 0 Å². The molecule has 1 unspecified atom stereocenters. The summed E-state index contributed by atoms with van der Waals surface area (Å²) < 4.78 is 0.721. The molecule has 22 heavy (non-hydrogen) atoms. The highest BCUT2D eigenvalue weighted by Crippen LogP contribution is 2.41. The summed E-state index contributed by atoms with van der Waals surface area (Å²) >= 11 is 15.8. The Kier molecular flexibility index (Phi) is 4.09. The molecule has 1 aromatic carbocycles. The first-order valence-corrected chi connectivity index (χ1v) is 8.09. The minimum Gasteiger partial charge on any atom is -0.481 e. The smallest absolute Gasteiger partial charge is 0.304 e. The number of carbonyl (C=O) groups is 2. The summed E-state index contributed by atoms with van der Waals surface area (Å²) in [6, 6.07) is 1.68. The van der Waals surface area contributed by atoms with E-state index in [9.17, 15) is 9.59 Å². The van der Waals surface area contributed by atoms with Crippen LogP contribution < -0.4 is 5.32 Å². The van der Waals surface area contributed by atoms with E-state index in [1.54, 1.807) is 6.07 Å². The lowest BCUT2D eigenvalue weighted by Crippen LogP contribution is -2.27. The van der Waals surface area contributed by atoms with E-state index < -0.39 is 5.97 Å². The highest BCUT2D eigenvalue weighted by molar-refractivity contribution is 9.10. The lowest BCUT2D eigenvalue weighted by atomic mass is 9.97. The van der Waals surface area contributed by atoms with E-state index in [2.05, 4.69) is 26.2 Å². The maximum atomic E-state index is 11.9. The fourth-order valence-electron chi connectivity index (χ4n) is 2.83. The molecular formula is C14H11BrCl2N2O3. The van der Waals surface area contributed by atoms with Gasteiger partial charge < -0.3 is 15.4 Å². The Morgan fingerprint density at radius 1 is 1.45 bits per heavy atom. The van der Waals surface area contributed by atoms with Crippen LogP contribution in [0.3, 0.4) is 0 Å². The van der Waals surface area contributed by atoms with Crippen molar-refractivity contribution >= 4 is 61.9 Å². The lowest BCUT2D eigenvalue weighted by molar-refractivity contribution is -0.137. The number of aromatic nitrogens is 1. The molecule has 1 aliphatic rings. The Morgan fingerprint density at radius 3 is 2.86 bits per heavy atom. The fraction of sp³-hybridized carbons (Fsp3) is 0.286. The van der Waals surface area contributed by atoms with Crippen molar-refractivity contribution in [1.82, 2.24) is 10.3 Å². The number of hydrogen-bond donors (Lipinski definition) is 3. The molecule has 5 nitrogen and oxygen atoms in total. The van der Waals surface area contributed by atoms with Gasteiger partial charge in [-0.15, -0.1) is 0 Å². The molecule has 8 heteroatoms. The Labute approximate surface area is 144 Å². The van der Waals surface area contributed by atoms with Crippen LogP contribution in [0.25, 0.3) is 10.9 Å². The second-order valence-corrected chi connectivity index (χ2v) is 6.84. The van der Waals surface area contributed by atoms with Gasteiger partial charge in [0.1, 0.15) is 0 Å². The largest absolute Gasteiger partial charge is 0.481 e. The molecule has 0 bridgehead atoms. The summed E-state index contributed by atoms with van der Waals surface area (Å²) in [6.45, 7) is 0.272. The molecule has 1 amide bonds. The number of H-pyrrole nitrogens is 1. The first kappa shape index (κ1) is 15.6. The number of rotatable bonds is 2. The molecule has 2 aromatic rings. The van der Waals surface area contributed by atoms with Gasteiger partial charge in [-0.1, -0.05) is 39.1 Å². The molecule has 2 heterocycles. The normalized spacial score (nSPS) is 18.0. The molecule has 116 valence electrons. The van der Waals surface area contributed by atoms with Crippen LogP contribution >= 0.6 is 39.1 Å². The first-order chi connectivity index (χ1) is 10.4. The van der Waals surface area contributed by atoms with E-state index in [4.69, 9.17) is 28.3 Å². The third kappa shape index (κ3) is 2.59. The van der Waals surface area contributed by atoms with Gasteiger partial charge in [-0.25, -0.2) is 0 Å². The minimum absolute atomic E-state index is 0.0803. The second-order valence-electron chi connectivity index (χ2n) is 5.20. The molecule has 0 saturated carbocycles. The van der Waals surface area contributed by atoms with Crippen molar-refractivity contribution in [2.75, 3.05) is 6.54 Å². The standard InChI is InChI=1S/C14H11BrCl2N2O3/c15-7-3-8(16)12(17)14-11(7)6-2-9(20)18-4-5(1-10(21)22)13(6)19-14/h3,5,19H,1-2,4H2,(H,18,20)(H,21,22). The molecule has 3 rings (SSSR count). The highest BCUT2D eigenvalue weighted by atomic mass is 79.9. The average molecular weight is 406 g/mol. The van der Waals surface area contributed by atoms with Crippen LogP contribution in [-0.2, 0) is 16.0 Å². The second kappa shape index (κ2) is 5.76. The van der Waals surface area contributed by atoms with Gasteiger partial charge in [0, 0.05) is 28.0 Å². The molecule has 0 radical (unpaired) electrons. The van der Waals surface area contributed by atoms with Gasteiger partial charge in [-0.05, 0) is 11.6 Å². The fourth-order valence-corrected chi connectivity index (χ4v) is 4.03. The van der Waals surface area contributed by atoms with E-state index in [0.717, 1.165) is 21.1 Å². The zero-order valence-electron chi connectivity index (χ0n) is 11.2. The number of amides is 1. The van der Waals surface area contributed by atoms with Crippen molar-refractivity contribution in [1.29, 1.82) is 0 Å². The number of carbonyl (C=O) groups excluding carboxylic acids is 1. The third-order valence-corrected chi connectivity index (χ3v) is 5.18. The van der Waals surface area contributed by atoms with Crippen molar-refractivity contribution < 1.29 is 14.7 Å². The van der Waals surface area contributed by atoms with Crippen LogP contribution in [-0.4, -0.2) is 28.5 Å². The molecule has 3 N–H and O–H groups in total. The van der Waals surface area contributed by atoms with Gasteiger partial charge >= 0.3 is 5.97 Å². The van der Waals surface area contributed by atoms with E-state index >= 15 is 0 Å². The molecular weight excluding hydrogens is 395 g/mol. The van der Waals surface area contributed by atoms with Crippen LogP contribution in [0.5, 0.6) is 0 Å². The van der Waals surface area contributed by atoms with Crippen molar-refractivity contribution in [2.24, 2.45) is 0 Å². The maximum absolute atomic E-state index is 11.9. The summed E-state index contributed by atoms with van der Waals surface area (Å²) in [4.78, 5) is 26.2. The number of carboxylic acid groups (broad SMARTS) is 1. The lowest BCUT2D eigenvalue weighted by Gasteiger charge is -2.12. The van der Waals surface area contributed by atoms with E-state index in [1.807, 2.05) is 0 Å². The van der Waals surface area contributed by atoms with Crippen molar-refractivity contribution in [3.05, 3.63) is 31.8 Å². The number of carboxylic acids is 1. The van der Waals surface area contributed by atoms with Crippen LogP contribution in [0.4, 0.5) is 0 Å². The maximum Gasteiger partial charge on any atom is 0.304 e. The van der Waals surface area contributed by atoms with Crippen LogP contribution in [0.2, 0.25) is 10.0 Å². The Hall–Kier alpha value is -1.24. The summed E-state index contributed by atoms with van der Waals surface area (Å²) in [5, 5.41) is 13.4. The number of nitrogens with one attached hydrogen (secondary N) is 2. The van der Waals surface area contributed by atoms with E-state index in [-0.39, 0.29) is 31.2 Å². The van der Waals surface area contributed by atoms with Gasteiger partial charge in [-0.2, -0.15) is 0 Å². The predicted molar refractivity (Wildman–Crippen MR) is 87.7 cm³/mol. The van der Waals surface area contributed by atoms with Gasteiger partial charge in [0.25, 0.3) is 0 Å². The van der Waals surface area contributed by atoms with E-state index in [1.165, 1.54) is 0 Å². The minimum atomic E-state index is -0.922. The zero-order valence-corrected chi connectivity index (χ0v) is 14.3. The summed E-state index contributed by atoms with van der Waals surface area (Å²) in [6.07, 6.45) is 0.0884. The molecule has 1 aliphatic heterocycles. The van der Waals surface area contributed by atoms with Gasteiger partial charge in [-0.3, -0.25) is 9.59 Å².